The number of aromatic nitrogens is 1. The summed E-state index contributed by atoms with van der Waals surface area (Å²) >= 11 is 0. The molecule has 0 radical (unpaired) electrons. The van der Waals surface area contributed by atoms with Gasteiger partial charge in [-0.25, -0.2) is 0 Å². The zero-order valence-corrected chi connectivity index (χ0v) is 10.0. The molecule has 1 atom stereocenters. The highest BCUT2D eigenvalue weighted by Crippen LogP contribution is 2.08. The fourth-order valence-corrected chi connectivity index (χ4v) is 2.14. The third kappa shape index (κ3) is 2.44. The minimum atomic E-state index is 0.502. The van der Waals surface area contributed by atoms with Crippen LogP contribution in [0, 0.1) is 6.92 Å². The Morgan fingerprint density at radius 1 is 1.56 bits per heavy atom. The van der Waals surface area contributed by atoms with Crippen LogP contribution in [0.5, 0.6) is 0 Å². The van der Waals surface area contributed by atoms with Gasteiger partial charge in [0.2, 0.25) is 0 Å². The Morgan fingerprint density at radius 2 is 2.44 bits per heavy atom. The Bertz CT molecular complexity index is 361. The van der Waals surface area contributed by atoms with Crippen LogP contribution in [0.4, 0.5) is 0 Å². The highest BCUT2D eigenvalue weighted by atomic mass is 15.1. The molecule has 0 aromatic carbocycles. The third-order valence-electron chi connectivity index (χ3n) is 3.07. The number of hydrogen-bond donors (Lipinski definition) is 3. The molecule has 1 aromatic rings. The van der Waals surface area contributed by atoms with Crippen LogP contribution in [-0.4, -0.2) is 37.0 Å². The first-order valence-corrected chi connectivity index (χ1v) is 5.89. The Balaban J connectivity index is 2.04. The van der Waals surface area contributed by atoms with Crippen LogP contribution < -0.4 is 10.6 Å². The first-order valence-electron chi connectivity index (χ1n) is 5.89. The second-order valence-electron chi connectivity index (χ2n) is 4.28. The minimum Gasteiger partial charge on any atom is -0.366 e. The maximum Gasteiger partial charge on any atom is 0.130 e. The van der Waals surface area contributed by atoms with Crippen LogP contribution in [0.1, 0.15) is 24.1 Å². The summed E-state index contributed by atoms with van der Waals surface area (Å²) in [5.74, 6) is 0.993. The molecule has 0 saturated carbocycles. The van der Waals surface area contributed by atoms with Gasteiger partial charge in [-0.05, 0) is 32.4 Å². The maximum absolute atomic E-state index is 4.34. The molecule has 3 N–H and O–H groups in total. The lowest BCUT2D eigenvalue weighted by Crippen LogP contribution is -2.45. The number of aryl methyl sites for hydroxylation is 1. The van der Waals surface area contributed by atoms with Crippen molar-refractivity contribution in [3.63, 3.8) is 0 Å². The van der Waals surface area contributed by atoms with Crippen molar-refractivity contribution in [3.8, 4) is 0 Å². The molecule has 2 rings (SSSR count). The minimum absolute atomic E-state index is 0.502. The van der Waals surface area contributed by atoms with Gasteiger partial charge in [0.05, 0.1) is 0 Å². The topological polar surface area (TPSA) is 52.2 Å². The van der Waals surface area contributed by atoms with Crippen LogP contribution in [0.25, 0.3) is 0 Å². The molecule has 88 valence electrons. The molecule has 0 amide bonds. The van der Waals surface area contributed by atoms with E-state index in [0.717, 1.165) is 24.6 Å². The molecule has 2 heterocycles. The van der Waals surface area contributed by atoms with Gasteiger partial charge in [0, 0.05) is 37.1 Å². The number of H-pyrrole nitrogens is 1. The summed E-state index contributed by atoms with van der Waals surface area (Å²) in [6.07, 6.45) is 4.41. The van der Waals surface area contributed by atoms with Gasteiger partial charge in [-0.1, -0.05) is 0 Å². The van der Waals surface area contributed by atoms with Crippen molar-refractivity contribution in [2.45, 2.75) is 25.8 Å². The Hall–Kier alpha value is -1.29. The van der Waals surface area contributed by atoms with Crippen LogP contribution in [0.15, 0.2) is 17.3 Å². The molecule has 0 spiro atoms. The molecule has 1 aliphatic heterocycles. The van der Waals surface area contributed by atoms with Crippen molar-refractivity contribution in [3.05, 3.63) is 23.5 Å². The Morgan fingerprint density at radius 3 is 3.00 bits per heavy atom. The number of aliphatic imine (C=N–C) groups is 1. The normalized spacial score (nSPS) is 22.1. The van der Waals surface area contributed by atoms with E-state index in [0.29, 0.717) is 6.04 Å². The lowest BCUT2D eigenvalue weighted by atomic mass is 10.1. The molecule has 1 saturated heterocycles. The number of hydrogen-bond acceptors (Lipinski definition) is 2. The molecular formula is C12H20N4. The largest absolute Gasteiger partial charge is 0.366 e. The van der Waals surface area contributed by atoms with E-state index < -0.39 is 0 Å². The van der Waals surface area contributed by atoms with Crippen LogP contribution in [0.2, 0.25) is 0 Å². The summed E-state index contributed by atoms with van der Waals surface area (Å²) < 4.78 is 0. The van der Waals surface area contributed by atoms with Gasteiger partial charge in [-0.15, -0.1) is 0 Å². The van der Waals surface area contributed by atoms with E-state index in [2.05, 4.69) is 33.6 Å². The van der Waals surface area contributed by atoms with Gasteiger partial charge < -0.3 is 15.6 Å². The van der Waals surface area contributed by atoms with Crippen molar-refractivity contribution < 1.29 is 0 Å². The van der Waals surface area contributed by atoms with E-state index >= 15 is 0 Å². The molecule has 0 aliphatic carbocycles. The zero-order valence-electron chi connectivity index (χ0n) is 10.0. The number of amidine groups is 1. The molecule has 1 aliphatic rings. The molecule has 4 nitrogen and oxygen atoms in total. The third-order valence-corrected chi connectivity index (χ3v) is 3.07. The molecule has 0 bridgehead atoms. The summed E-state index contributed by atoms with van der Waals surface area (Å²) in [6.45, 7) is 4.24. The SMILES string of the molecule is CN=C(NC1CCCNC1)c1cc[nH]c1C. The predicted molar refractivity (Wildman–Crippen MR) is 67.0 cm³/mol. The summed E-state index contributed by atoms with van der Waals surface area (Å²) in [5, 5.41) is 6.92. The van der Waals surface area contributed by atoms with Crippen molar-refractivity contribution >= 4 is 5.84 Å². The fourth-order valence-electron chi connectivity index (χ4n) is 2.14. The monoisotopic (exact) mass is 220 g/mol. The lowest BCUT2D eigenvalue weighted by Gasteiger charge is -2.25. The molecule has 16 heavy (non-hydrogen) atoms. The van der Waals surface area contributed by atoms with Crippen molar-refractivity contribution in [2.24, 2.45) is 4.99 Å². The van der Waals surface area contributed by atoms with Gasteiger partial charge in [0.25, 0.3) is 0 Å². The number of nitrogens with one attached hydrogen (secondary N) is 3. The molecule has 1 fully saturated rings. The summed E-state index contributed by atoms with van der Waals surface area (Å²) in [6, 6.07) is 2.57. The molecular weight excluding hydrogens is 200 g/mol. The Labute approximate surface area is 96.5 Å². The average molecular weight is 220 g/mol. The van der Waals surface area contributed by atoms with Crippen LogP contribution in [-0.2, 0) is 0 Å². The van der Waals surface area contributed by atoms with E-state index in [4.69, 9.17) is 0 Å². The zero-order chi connectivity index (χ0) is 11.4. The second-order valence-corrected chi connectivity index (χ2v) is 4.28. The molecule has 1 unspecified atom stereocenters. The Kier molecular flexibility index (Phi) is 3.62. The fraction of sp³-hybridized carbons (Fsp3) is 0.583. The first-order chi connectivity index (χ1) is 7.81. The highest BCUT2D eigenvalue weighted by molar-refractivity contribution is 5.99. The van der Waals surface area contributed by atoms with Crippen LogP contribution in [0.3, 0.4) is 0 Å². The van der Waals surface area contributed by atoms with Gasteiger partial charge >= 0.3 is 0 Å². The van der Waals surface area contributed by atoms with E-state index in [1.807, 2.05) is 13.2 Å². The standard InChI is InChI=1S/C12H20N4/c1-9-11(5-7-15-9)12(13-2)16-10-4-3-6-14-8-10/h5,7,10,14-15H,3-4,6,8H2,1-2H3,(H,13,16). The summed E-state index contributed by atoms with van der Waals surface area (Å²) in [7, 11) is 1.84. The lowest BCUT2D eigenvalue weighted by molar-refractivity contribution is 0.431. The van der Waals surface area contributed by atoms with E-state index in [-0.39, 0.29) is 0 Å². The van der Waals surface area contributed by atoms with Gasteiger partial charge in [-0.2, -0.15) is 0 Å². The smallest absolute Gasteiger partial charge is 0.130 e. The van der Waals surface area contributed by atoms with Gasteiger partial charge in [-0.3, -0.25) is 4.99 Å². The number of aromatic amines is 1. The van der Waals surface area contributed by atoms with E-state index in [9.17, 15) is 0 Å². The second kappa shape index (κ2) is 5.16. The molecule has 4 heteroatoms. The van der Waals surface area contributed by atoms with Gasteiger partial charge in [0.1, 0.15) is 5.84 Å². The maximum atomic E-state index is 4.34. The summed E-state index contributed by atoms with van der Waals surface area (Å²) in [5.41, 5.74) is 2.34. The average Bonchev–Trinajstić information content (AvgIpc) is 2.74. The van der Waals surface area contributed by atoms with Crippen molar-refractivity contribution in [1.82, 2.24) is 15.6 Å². The van der Waals surface area contributed by atoms with E-state index in [1.54, 1.807) is 0 Å². The van der Waals surface area contributed by atoms with E-state index in [1.165, 1.54) is 18.4 Å². The quantitative estimate of drug-likeness (QED) is 0.515. The van der Waals surface area contributed by atoms with Crippen molar-refractivity contribution in [1.29, 1.82) is 0 Å². The van der Waals surface area contributed by atoms with Crippen LogP contribution >= 0.6 is 0 Å². The predicted octanol–water partition coefficient (Wildman–Crippen LogP) is 1.04. The summed E-state index contributed by atoms with van der Waals surface area (Å²) in [4.78, 5) is 7.53. The first kappa shape index (κ1) is 11.2. The number of rotatable bonds is 2. The number of nitrogens with zero attached hydrogens (tertiary/aromatic N) is 1. The molecule has 1 aromatic heterocycles. The highest BCUT2D eigenvalue weighted by Gasteiger charge is 2.15. The van der Waals surface area contributed by atoms with Crippen molar-refractivity contribution in [2.75, 3.05) is 20.1 Å². The van der Waals surface area contributed by atoms with Gasteiger partial charge in [0.15, 0.2) is 0 Å². The number of piperidine rings is 1.